The maximum atomic E-state index is 10.9. The van der Waals surface area contributed by atoms with Crippen molar-refractivity contribution in [1.29, 1.82) is 0 Å². The standard InChI is InChI=1S/C14H17NO5/c1-9(16)15-10-2-4-11(5-3-10)19-8-12-6-7-13(20-12)14(17)18/h2-5,12-13H,6-8H2,1H3,(H,15,16)(H,17,18). The van der Waals surface area contributed by atoms with Crippen LogP contribution >= 0.6 is 0 Å². The number of anilines is 1. The summed E-state index contributed by atoms with van der Waals surface area (Å²) in [5.74, 6) is -0.397. The van der Waals surface area contributed by atoms with E-state index in [0.717, 1.165) is 0 Å². The third-order valence-electron chi connectivity index (χ3n) is 2.99. The highest BCUT2D eigenvalue weighted by Crippen LogP contribution is 2.22. The van der Waals surface area contributed by atoms with Gasteiger partial charge in [0.25, 0.3) is 0 Å². The Hall–Kier alpha value is -2.08. The molecule has 1 aromatic carbocycles. The highest BCUT2D eigenvalue weighted by atomic mass is 16.6. The van der Waals surface area contributed by atoms with Gasteiger partial charge in [-0.3, -0.25) is 4.79 Å². The quantitative estimate of drug-likeness (QED) is 0.856. The van der Waals surface area contributed by atoms with E-state index in [1.165, 1.54) is 6.92 Å². The molecular formula is C14H17NO5. The first-order valence-corrected chi connectivity index (χ1v) is 6.43. The molecule has 1 amide bonds. The number of amides is 1. The smallest absolute Gasteiger partial charge is 0.332 e. The molecule has 0 saturated carbocycles. The molecule has 2 atom stereocenters. The van der Waals surface area contributed by atoms with E-state index in [0.29, 0.717) is 30.9 Å². The van der Waals surface area contributed by atoms with E-state index >= 15 is 0 Å². The lowest BCUT2D eigenvalue weighted by molar-refractivity contribution is -0.149. The van der Waals surface area contributed by atoms with Crippen LogP contribution in [0.25, 0.3) is 0 Å². The van der Waals surface area contributed by atoms with Crippen molar-refractivity contribution in [2.24, 2.45) is 0 Å². The first kappa shape index (κ1) is 14.3. The fraction of sp³-hybridized carbons (Fsp3) is 0.429. The molecule has 6 heteroatoms. The van der Waals surface area contributed by atoms with E-state index in [9.17, 15) is 9.59 Å². The average molecular weight is 279 g/mol. The number of carbonyl (C=O) groups excluding carboxylic acids is 1. The lowest BCUT2D eigenvalue weighted by Gasteiger charge is -2.13. The number of rotatable bonds is 5. The highest BCUT2D eigenvalue weighted by Gasteiger charge is 2.30. The van der Waals surface area contributed by atoms with Gasteiger partial charge in [-0.2, -0.15) is 0 Å². The summed E-state index contributed by atoms with van der Waals surface area (Å²) in [7, 11) is 0. The Labute approximate surface area is 116 Å². The Balaban J connectivity index is 1.80. The van der Waals surface area contributed by atoms with Gasteiger partial charge in [-0.1, -0.05) is 0 Å². The van der Waals surface area contributed by atoms with Gasteiger partial charge in [-0.25, -0.2) is 4.79 Å². The fourth-order valence-electron chi connectivity index (χ4n) is 2.04. The lowest BCUT2D eigenvalue weighted by atomic mass is 10.2. The number of nitrogens with one attached hydrogen (secondary N) is 1. The molecule has 0 aromatic heterocycles. The number of hydrogen-bond donors (Lipinski definition) is 2. The van der Waals surface area contributed by atoms with Crippen LogP contribution in [-0.2, 0) is 14.3 Å². The van der Waals surface area contributed by atoms with E-state index in [4.69, 9.17) is 14.6 Å². The third kappa shape index (κ3) is 3.96. The van der Waals surface area contributed by atoms with E-state index in [2.05, 4.69) is 5.32 Å². The second-order valence-corrected chi connectivity index (χ2v) is 4.68. The molecule has 1 fully saturated rings. The largest absolute Gasteiger partial charge is 0.491 e. The zero-order valence-electron chi connectivity index (χ0n) is 11.2. The topological polar surface area (TPSA) is 84.9 Å². The molecule has 1 aromatic rings. The summed E-state index contributed by atoms with van der Waals surface area (Å²) in [5, 5.41) is 11.5. The number of ether oxygens (including phenoxy) is 2. The molecular weight excluding hydrogens is 262 g/mol. The molecule has 0 radical (unpaired) electrons. The van der Waals surface area contributed by atoms with Crippen molar-refractivity contribution >= 4 is 17.6 Å². The van der Waals surface area contributed by atoms with Crippen LogP contribution in [-0.4, -0.2) is 35.8 Å². The minimum atomic E-state index is -0.924. The van der Waals surface area contributed by atoms with E-state index in [1.54, 1.807) is 24.3 Å². The first-order valence-electron chi connectivity index (χ1n) is 6.43. The summed E-state index contributed by atoms with van der Waals surface area (Å²) < 4.78 is 10.9. The minimum absolute atomic E-state index is 0.127. The first-order chi connectivity index (χ1) is 9.54. The van der Waals surface area contributed by atoms with Gasteiger partial charge in [0.15, 0.2) is 6.10 Å². The SMILES string of the molecule is CC(=O)Nc1ccc(OCC2CCC(C(=O)O)O2)cc1. The second kappa shape index (κ2) is 6.38. The highest BCUT2D eigenvalue weighted by molar-refractivity contribution is 5.88. The Morgan fingerprint density at radius 1 is 1.35 bits per heavy atom. The molecule has 1 aliphatic rings. The van der Waals surface area contributed by atoms with Crippen molar-refractivity contribution in [3.05, 3.63) is 24.3 Å². The summed E-state index contributed by atoms with van der Waals surface area (Å²) in [6.45, 7) is 1.77. The van der Waals surface area contributed by atoms with Crippen LogP contribution in [0.1, 0.15) is 19.8 Å². The molecule has 2 unspecified atom stereocenters. The van der Waals surface area contributed by atoms with Crippen LogP contribution in [0.4, 0.5) is 5.69 Å². The van der Waals surface area contributed by atoms with Crippen molar-refractivity contribution in [2.45, 2.75) is 32.0 Å². The number of benzene rings is 1. The summed E-state index contributed by atoms with van der Waals surface area (Å²) in [6, 6.07) is 6.97. The molecule has 1 aliphatic heterocycles. The van der Waals surface area contributed by atoms with Crippen LogP contribution in [0.5, 0.6) is 5.75 Å². The van der Waals surface area contributed by atoms with Gasteiger partial charge in [-0.15, -0.1) is 0 Å². The predicted octanol–water partition coefficient (Wildman–Crippen LogP) is 1.66. The van der Waals surface area contributed by atoms with E-state index in [-0.39, 0.29) is 12.0 Å². The molecule has 2 N–H and O–H groups in total. The van der Waals surface area contributed by atoms with Gasteiger partial charge in [0, 0.05) is 12.6 Å². The van der Waals surface area contributed by atoms with Crippen molar-refractivity contribution in [3.8, 4) is 5.75 Å². The molecule has 1 heterocycles. The van der Waals surface area contributed by atoms with Gasteiger partial charge >= 0.3 is 5.97 Å². The molecule has 0 aliphatic carbocycles. The lowest BCUT2D eigenvalue weighted by Crippen LogP contribution is -2.23. The maximum Gasteiger partial charge on any atom is 0.332 e. The van der Waals surface area contributed by atoms with E-state index < -0.39 is 12.1 Å². The maximum absolute atomic E-state index is 10.9. The van der Waals surface area contributed by atoms with Crippen molar-refractivity contribution in [2.75, 3.05) is 11.9 Å². The number of aliphatic carboxylic acids is 1. The predicted molar refractivity (Wildman–Crippen MR) is 71.8 cm³/mol. The minimum Gasteiger partial charge on any atom is -0.491 e. The van der Waals surface area contributed by atoms with Crippen LogP contribution in [0.15, 0.2) is 24.3 Å². The molecule has 20 heavy (non-hydrogen) atoms. The van der Waals surface area contributed by atoms with E-state index in [1.807, 2.05) is 0 Å². The normalized spacial score (nSPS) is 21.4. The summed E-state index contributed by atoms with van der Waals surface area (Å²) in [6.07, 6.45) is 0.294. The second-order valence-electron chi connectivity index (χ2n) is 4.68. The van der Waals surface area contributed by atoms with Crippen LogP contribution < -0.4 is 10.1 Å². The summed E-state index contributed by atoms with van der Waals surface area (Å²) in [4.78, 5) is 21.6. The summed E-state index contributed by atoms with van der Waals surface area (Å²) in [5.41, 5.74) is 0.702. The van der Waals surface area contributed by atoms with Gasteiger partial charge in [0.2, 0.25) is 5.91 Å². The molecule has 108 valence electrons. The monoisotopic (exact) mass is 279 g/mol. The number of hydrogen-bond acceptors (Lipinski definition) is 4. The van der Waals surface area contributed by atoms with Crippen LogP contribution in [0.3, 0.4) is 0 Å². The van der Waals surface area contributed by atoms with Crippen molar-refractivity contribution in [1.82, 2.24) is 0 Å². The van der Waals surface area contributed by atoms with Crippen LogP contribution in [0.2, 0.25) is 0 Å². The molecule has 6 nitrogen and oxygen atoms in total. The Kier molecular flexibility index (Phi) is 4.57. The molecule has 0 bridgehead atoms. The zero-order chi connectivity index (χ0) is 14.5. The molecule has 1 saturated heterocycles. The molecule has 2 rings (SSSR count). The number of carboxylic acid groups (broad SMARTS) is 1. The van der Waals surface area contributed by atoms with Gasteiger partial charge in [0.05, 0.1) is 6.10 Å². The zero-order valence-corrected chi connectivity index (χ0v) is 11.2. The number of carbonyl (C=O) groups is 2. The van der Waals surface area contributed by atoms with Crippen LogP contribution in [0, 0.1) is 0 Å². The van der Waals surface area contributed by atoms with Gasteiger partial charge < -0.3 is 19.9 Å². The van der Waals surface area contributed by atoms with Crippen molar-refractivity contribution in [3.63, 3.8) is 0 Å². The number of carboxylic acids is 1. The van der Waals surface area contributed by atoms with Gasteiger partial charge in [0.1, 0.15) is 12.4 Å². The Morgan fingerprint density at radius 3 is 2.60 bits per heavy atom. The third-order valence-corrected chi connectivity index (χ3v) is 2.99. The summed E-state index contributed by atoms with van der Waals surface area (Å²) >= 11 is 0. The van der Waals surface area contributed by atoms with Crippen molar-refractivity contribution < 1.29 is 24.2 Å². The average Bonchev–Trinajstić information content (AvgIpc) is 2.86. The molecule has 0 spiro atoms. The Bertz CT molecular complexity index is 485. The Morgan fingerprint density at radius 2 is 2.05 bits per heavy atom. The van der Waals surface area contributed by atoms with Gasteiger partial charge in [-0.05, 0) is 37.1 Å². The fourth-order valence-corrected chi connectivity index (χ4v) is 2.04.